The van der Waals surface area contributed by atoms with E-state index < -0.39 is 0 Å². The van der Waals surface area contributed by atoms with Crippen LogP contribution in [0.1, 0.15) is 5.56 Å². The van der Waals surface area contributed by atoms with Crippen molar-refractivity contribution in [1.82, 2.24) is 19.9 Å². The third-order valence-corrected chi connectivity index (χ3v) is 3.20. The van der Waals surface area contributed by atoms with Crippen LogP contribution in [0.15, 0.2) is 24.5 Å². The lowest BCUT2D eigenvalue weighted by Gasteiger charge is -2.10. The molecule has 0 atom stereocenters. The number of rotatable bonds is 3. The lowest BCUT2D eigenvalue weighted by molar-refractivity contribution is 1.17. The van der Waals surface area contributed by atoms with Gasteiger partial charge in [-0.15, -0.1) is 0 Å². The Balaban J connectivity index is 2.09. The number of hydrogen-bond acceptors (Lipinski definition) is 5. The van der Waals surface area contributed by atoms with Crippen LogP contribution in [-0.2, 0) is 0 Å². The minimum atomic E-state index is 0.506. The Labute approximate surface area is 120 Å². The number of imidazole rings is 1. The number of fused-ring (bicyclic) bond motifs is 1. The maximum absolute atomic E-state index is 6.03. The van der Waals surface area contributed by atoms with Gasteiger partial charge in [-0.2, -0.15) is 9.97 Å². The molecule has 102 valence electrons. The fraction of sp³-hybridized carbons (Fsp3) is 0.154. The molecule has 0 radical (unpaired) electrons. The highest BCUT2D eigenvalue weighted by Crippen LogP contribution is 2.26. The largest absolute Gasteiger partial charge is 0.357 e. The van der Waals surface area contributed by atoms with Gasteiger partial charge in [0.05, 0.1) is 6.33 Å². The van der Waals surface area contributed by atoms with Crippen molar-refractivity contribution in [3.8, 4) is 0 Å². The monoisotopic (exact) mass is 288 g/mol. The Morgan fingerprint density at radius 3 is 2.90 bits per heavy atom. The summed E-state index contributed by atoms with van der Waals surface area (Å²) in [6.07, 6.45) is 1.59. The summed E-state index contributed by atoms with van der Waals surface area (Å²) in [6.45, 7) is 2.00. The van der Waals surface area contributed by atoms with Gasteiger partial charge in [0.15, 0.2) is 11.5 Å². The molecule has 1 aromatic carbocycles. The molecule has 0 spiro atoms. The standard InChI is InChI=1S/C13H13ClN6/c1-7-3-4-8(14)5-9(7)18-12-10-11(17-6-16-10)19-13(15-2)20-12/h3-6H,1-2H3,(H3,15,16,17,18,19,20). The molecule has 0 bridgehead atoms. The fourth-order valence-electron chi connectivity index (χ4n) is 1.89. The first-order valence-corrected chi connectivity index (χ1v) is 6.47. The van der Waals surface area contributed by atoms with E-state index in [1.807, 2.05) is 25.1 Å². The molecule has 0 fully saturated rings. The SMILES string of the molecule is CNc1nc(Nc2cc(Cl)ccc2C)c2[nH]cnc2n1. The van der Waals surface area contributed by atoms with Gasteiger partial charge in [-0.3, -0.25) is 0 Å². The van der Waals surface area contributed by atoms with Crippen LogP contribution in [0.5, 0.6) is 0 Å². The predicted octanol–water partition coefficient (Wildman–Crippen LogP) is 3.10. The smallest absolute Gasteiger partial charge is 0.226 e. The summed E-state index contributed by atoms with van der Waals surface area (Å²) in [5, 5.41) is 6.86. The second-order valence-electron chi connectivity index (χ2n) is 4.33. The third kappa shape index (κ3) is 2.25. The second kappa shape index (κ2) is 4.97. The van der Waals surface area contributed by atoms with E-state index in [1.54, 1.807) is 13.4 Å². The van der Waals surface area contributed by atoms with Crippen LogP contribution < -0.4 is 10.6 Å². The molecule has 7 heteroatoms. The second-order valence-corrected chi connectivity index (χ2v) is 4.77. The Kier molecular flexibility index (Phi) is 3.15. The van der Waals surface area contributed by atoms with Crippen LogP contribution in [0.25, 0.3) is 11.2 Å². The number of H-pyrrole nitrogens is 1. The summed E-state index contributed by atoms with van der Waals surface area (Å²) >= 11 is 6.03. The summed E-state index contributed by atoms with van der Waals surface area (Å²) in [6, 6.07) is 5.67. The van der Waals surface area contributed by atoms with Crippen LogP contribution >= 0.6 is 11.6 Å². The van der Waals surface area contributed by atoms with Crippen molar-refractivity contribution >= 4 is 40.2 Å². The first kappa shape index (κ1) is 12.7. The van der Waals surface area contributed by atoms with Crippen molar-refractivity contribution in [3.63, 3.8) is 0 Å². The van der Waals surface area contributed by atoms with Gasteiger partial charge >= 0.3 is 0 Å². The zero-order valence-electron chi connectivity index (χ0n) is 11.0. The van der Waals surface area contributed by atoms with Crippen LogP contribution in [0.3, 0.4) is 0 Å². The third-order valence-electron chi connectivity index (χ3n) is 2.96. The Morgan fingerprint density at radius 2 is 2.10 bits per heavy atom. The summed E-state index contributed by atoms with van der Waals surface area (Å²) in [5.41, 5.74) is 3.33. The average Bonchev–Trinajstić information content (AvgIpc) is 2.91. The normalized spacial score (nSPS) is 10.8. The molecule has 2 aromatic heterocycles. The number of aryl methyl sites for hydroxylation is 1. The number of nitrogens with zero attached hydrogens (tertiary/aromatic N) is 3. The topological polar surface area (TPSA) is 78.5 Å². The maximum Gasteiger partial charge on any atom is 0.226 e. The molecule has 0 amide bonds. The van der Waals surface area contributed by atoms with E-state index in [9.17, 15) is 0 Å². The van der Waals surface area contributed by atoms with Gasteiger partial charge in [0.2, 0.25) is 5.95 Å². The molecule has 0 aliphatic heterocycles. The van der Waals surface area contributed by atoms with Gasteiger partial charge in [-0.1, -0.05) is 17.7 Å². The van der Waals surface area contributed by atoms with E-state index in [0.29, 0.717) is 22.4 Å². The lowest BCUT2D eigenvalue weighted by atomic mass is 10.2. The highest BCUT2D eigenvalue weighted by Gasteiger charge is 2.10. The molecule has 6 nitrogen and oxygen atoms in total. The molecular formula is C13H13ClN6. The summed E-state index contributed by atoms with van der Waals surface area (Å²) in [5.74, 6) is 1.16. The molecule has 2 heterocycles. The van der Waals surface area contributed by atoms with Gasteiger partial charge in [-0.05, 0) is 24.6 Å². The first-order chi connectivity index (χ1) is 9.67. The fourth-order valence-corrected chi connectivity index (χ4v) is 2.06. The first-order valence-electron chi connectivity index (χ1n) is 6.09. The summed E-state index contributed by atoms with van der Waals surface area (Å²) < 4.78 is 0. The number of aromatic nitrogens is 4. The molecule has 3 rings (SSSR count). The summed E-state index contributed by atoms with van der Waals surface area (Å²) in [4.78, 5) is 15.9. The van der Waals surface area contributed by atoms with E-state index in [0.717, 1.165) is 16.8 Å². The lowest BCUT2D eigenvalue weighted by Crippen LogP contribution is -2.02. The maximum atomic E-state index is 6.03. The molecule has 0 aliphatic carbocycles. The van der Waals surface area contributed by atoms with E-state index >= 15 is 0 Å². The molecule has 3 N–H and O–H groups in total. The van der Waals surface area contributed by atoms with Crippen molar-refractivity contribution in [3.05, 3.63) is 35.1 Å². The van der Waals surface area contributed by atoms with Gasteiger partial charge < -0.3 is 15.6 Å². The molecular weight excluding hydrogens is 276 g/mol. The van der Waals surface area contributed by atoms with Crippen LogP contribution in [0.4, 0.5) is 17.5 Å². The van der Waals surface area contributed by atoms with Gasteiger partial charge in [0.25, 0.3) is 0 Å². The van der Waals surface area contributed by atoms with E-state index in [-0.39, 0.29) is 0 Å². The van der Waals surface area contributed by atoms with Crippen molar-refractivity contribution in [1.29, 1.82) is 0 Å². The molecule has 0 unspecified atom stereocenters. The van der Waals surface area contributed by atoms with Crippen molar-refractivity contribution in [2.45, 2.75) is 6.92 Å². The Morgan fingerprint density at radius 1 is 1.25 bits per heavy atom. The predicted molar refractivity (Wildman–Crippen MR) is 80.7 cm³/mol. The molecule has 20 heavy (non-hydrogen) atoms. The van der Waals surface area contributed by atoms with Crippen molar-refractivity contribution in [2.24, 2.45) is 0 Å². The van der Waals surface area contributed by atoms with Crippen molar-refractivity contribution < 1.29 is 0 Å². The quantitative estimate of drug-likeness (QED) is 0.690. The van der Waals surface area contributed by atoms with Crippen LogP contribution in [-0.4, -0.2) is 27.0 Å². The van der Waals surface area contributed by atoms with E-state index in [4.69, 9.17) is 11.6 Å². The minimum Gasteiger partial charge on any atom is -0.357 e. The zero-order chi connectivity index (χ0) is 14.1. The molecule has 3 aromatic rings. The van der Waals surface area contributed by atoms with Crippen LogP contribution in [0.2, 0.25) is 5.02 Å². The minimum absolute atomic E-state index is 0.506. The number of aromatic amines is 1. The Bertz CT molecular complexity index is 767. The average molecular weight is 289 g/mol. The van der Waals surface area contributed by atoms with Gasteiger partial charge in [0.1, 0.15) is 5.52 Å². The number of hydrogen-bond donors (Lipinski definition) is 3. The molecule has 0 aliphatic rings. The van der Waals surface area contributed by atoms with Gasteiger partial charge in [-0.25, -0.2) is 4.98 Å². The Hall–Kier alpha value is -2.34. The highest BCUT2D eigenvalue weighted by molar-refractivity contribution is 6.30. The number of halogens is 1. The number of anilines is 3. The van der Waals surface area contributed by atoms with E-state index in [2.05, 4.69) is 30.6 Å². The number of benzene rings is 1. The zero-order valence-corrected chi connectivity index (χ0v) is 11.8. The number of nitrogens with one attached hydrogen (secondary N) is 3. The van der Waals surface area contributed by atoms with E-state index in [1.165, 1.54) is 0 Å². The van der Waals surface area contributed by atoms with Crippen molar-refractivity contribution in [2.75, 3.05) is 17.7 Å². The van der Waals surface area contributed by atoms with Gasteiger partial charge in [0, 0.05) is 17.8 Å². The van der Waals surface area contributed by atoms with Crippen LogP contribution in [0, 0.1) is 6.92 Å². The highest BCUT2D eigenvalue weighted by atomic mass is 35.5. The molecule has 0 saturated heterocycles. The summed E-state index contributed by atoms with van der Waals surface area (Å²) in [7, 11) is 1.77. The molecule has 0 saturated carbocycles.